The van der Waals surface area contributed by atoms with Crippen LogP contribution >= 0.6 is 11.6 Å². The molecule has 0 saturated heterocycles. The maximum atomic E-state index is 12.4. The van der Waals surface area contributed by atoms with Crippen LogP contribution in [0.25, 0.3) is 0 Å². The fourth-order valence-electron chi connectivity index (χ4n) is 1.00. The Morgan fingerprint density at radius 2 is 2.27 bits per heavy atom. The number of hydrogen-bond donors (Lipinski definition) is 1. The number of ether oxygens (including phenoxy) is 1. The van der Waals surface area contributed by atoms with Crippen molar-refractivity contribution in [2.75, 3.05) is 12.8 Å². The molecule has 0 amide bonds. The van der Waals surface area contributed by atoms with E-state index in [1.54, 1.807) is 0 Å². The molecule has 1 heterocycles. The number of anilines is 1. The Balaban J connectivity index is 3.35. The molecule has 82 valence electrons. The molecule has 7 heteroatoms. The summed E-state index contributed by atoms with van der Waals surface area (Å²) < 4.78 is 29.5. The smallest absolute Gasteiger partial charge is 0.284 e. The van der Waals surface area contributed by atoms with Gasteiger partial charge in [0.25, 0.3) is 11.7 Å². The van der Waals surface area contributed by atoms with Crippen molar-refractivity contribution in [2.24, 2.45) is 0 Å². The molecule has 0 aliphatic heterocycles. The molecule has 2 N–H and O–H groups in total. The van der Waals surface area contributed by atoms with E-state index in [1.165, 1.54) is 7.11 Å². The number of carbonyl (C=O) groups is 1. The summed E-state index contributed by atoms with van der Waals surface area (Å²) in [6, 6.07) is 1.04. The maximum absolute atomic E-state index is 12.4. The predicted molar refractivity (Wildman–Crippen MR) is 50.3 cm³/mol. The van der Waals surface area contributed by atoms with Crippen molar-refractivity contribution in [2.45, 2.75) is 6.43 Å². The molecular formula is C8H7ClF2N2O2. The number of nitrogens with zero attached hydrogens (tertiary/aromatic N) is 1. The second kappa shape index (κ2) is 4.39. The summed E-state index contributed by atoms with van der Waals surface area (Å²) in [6.45, 7) is 0. The summed E-state index contributed by atoms with van der Waals surface area (Å²) >= 11 is 5.17. The molecule has 1 aromatic rings. The lowest BCUT2D eigenvalue weighted by molar-refractivity contribution is 0.108. The molecule has 0 aliphatic carbocycles. The van der Waals surface area contributed by atoms with Crippen molar-refractivity contribution in [1.29, 1.82) is 0 Å². The number of nitrogen functional groups attached to an aromatic ring is 1. The van der Waals surface area contributed by atoms with Gasteiger partial charge in [0.2, 0.25) is 0 Å². The Morgan fingerprint density at radius 1 is 1.67 bits per heavy atom. The number of nitrogens with two attached hydrogens (primary N) is 1. The molecule has 1 aromatic heterocycles. The lowest BCUT2D eigenvalue weighted by atomic mass is 10.2. The third-order valence-electron chi connectivity index (χ3n) is 1.68. The Morgan fingerprint density at radius 3 is 2.67 bits per heavy atom. The lowest BCUT2D eigenvalue weighted by Gasteiger charge is -2.09. The first kappa shape index (κ1) is 11.6. The third-order valence-corrected chi connectivity index (χ3v) is 1.89. The zero-order chi connectivity index (χ0) is 11.6. The number of aromatic nitrogens is 1. The minimum Gasteiger partial charge on any atom is -0.495 e. The molecule has 4 nitrogen and oxygen atoms in total. The van der Waals surface area contributed by atoms with Gasteiger partial charge in [0.1, 0.15) is 11.6 Å². The van der Waals surface area contributed by atoms with Crippen molar-refractivity contribution >= 4 is 22.7 Å². The second-order valence-electron chi connectivity index (χ2n) is 2.58. The Bertz CT molecular complexity index is 398. The van der Waals surface area contributed by atoms with Crippen LogP contribution in [0.1, 0.15) is 22.5 Å². The van der Waals surface area contributed by atoms with Crippen LogP contribution in [0, 0.1) is 0 Å². The second-order valence-corrected chi connectivity index (χ2v) is 2.93. The van der Waals surface area contributed by atoms with E-state index in [0.717, 1.165) is 6.07 Å². The van der Waals surface area contributed by atoms with Gasteiger partial charge in [-0.3, -0.25) is 4.79 Å². The zero-order valence-electron chi connectivity index (χ0n) is 7.63. The number of alkyl halides is 2. The van der Waals surface area contributed by atoms with Gasteiger partial charge in [0, 0.05) is 0 Å². The van der Waals surface area contributed by atoms with Crippen molar-refractivity contribution in [3.05, 3.63) is 17.3 Å². The van der Waals surface area contributed by atoms with Crippen LogP contribution in [0.4, 0.5) is 14.6 Å². The first-order valence-electron chi connectivity index (χ1n) is 3.79. The number of halogens is 3. The first-order chi connectivity index (χ1) is 6.97. The predicted octanol–water partition coefficient (Wildman–Crippen LogP) is 1.99. The van der Waals surface area contributed by atoms with Gasteiger partial charge >= 0.3 is 0 Å². The van der Waals surface area contributed by atoms with Crippen LogP contribution in [0.2, 0.25) is 0 Å². The van der Waals surface area contributed by atoms with Crippen LogP contribution in [0.3, 0.4) is 0 Å². The molecule has 1 rings (SSSR count). The standard InChI is InChI=1S/C8H7ClF2N2O2/c1-15-4-2-3(6(9)14)8(12)13-5(4)7(10)11/h2,7H,1H3,(H2,12,13). The normalized spacial score (nSPS) is 10.5. The average Bonchev–Trinajstić information content (AvgIpc) is 2.16. The van der Waals surface area contributed by atoms with Gasteiger partial charge in [-0.25, -0.2) is 13.8 Å². The van der Waals surface area contributed by atoms with Crippen molar-refractivity contribution < 1.29 is 18.3 Å². The molecule has 0 bridgehead atoms. The highest BCUT2D eigenvalue weighted by molar-refractivity contribution is 6.68. The molecule has 0 atom stereocenters. The summed E-state index contributed by atoms with van der Waals surface area (Å²) in [5.41, 5.74) is 4.51. The van der Waals surface area contributed by atoms with E-state index in [0.29, 0.717) is 0 Å². The van der Waals surface area contributed by atoms with Crippen molar-refractivity contribution in [3.8, 4) is 5.75 Å². The molecule has 15 heavy (non-hydrogen) atoms. The highest BCUT2D eigenvalue weighted by atomic mass is 35.5. The van der Waals surface area contributed by atoms with E-state index in [9.17, 15) is 13.6 Å². The minimum absolute atomic E-state index is 0.155. The number of pyridine rings is 1. The van der Waals surface area contributed by atoms with E-state index >= 15 is 0 Å². The number of rotatable bonds is 3. The molecule has 0 spiro atoms. The highest BCUT2D eigenvalue weighted by Gasteiger charge is 2.20. The molecule has 0 fully saturated rings. The topological polar surface area (TPSA) is 65.2 Å². The number of hydrogen-bond acceptors (Lipinski definition) is 4. The molecular weight excluding hydrogens is 230 g/mol. The summed E-state index contributed by atoms with van der Waals surface area (Å²) in [6.07, 6.45) is -2.83. The quantitative estimate of drug-likeness (QED) is 0.815. The third kappa shape index (κ3) is 2.33. The summed E-state index contributed by atoms with van der Waals surface area (Å²) in [5, 5.41) is -0.876. The van der Waals surface area contributed by atoms with Crippen molar-refractivity contribution in [3.63, 3.8) is 0 Å². The van der Waals surface area contributed by atoms with Crippen LogP contribution in [0.5, 0.6) is 5.75 Å². The molecule has 0 radical (unpaired) electrons. The maximum Gasteiger partial charge on any atom is 0.284 e. The first-order valence-corrected chi connectivity index (χ1v) is 4.17. The Labute approximate surface area is 89.0 Å². The molecule has 0 saturated carbocycles. The molecule has 0 unspecified atom stereocenters. The Kier molecular flexibility index (Phi) is 3.41. The molecule has 0 aliphatic rings. The highest BCUT2D eigenvalue weighted by Crippen LogP contribution is 2.30. The van der Waals surface area contributed by atoms with E-state index < -0.39 is 17.4 Å². The van der Waals surface area contributed by atoms with Gasteiger partial charge in [-0.05, 0) is 17.7 Å². The van der Waals surface area contributed by atoms with E-state index in [1.807, 2.05) is 0 Å². The van der Waals surface area contributed by atoms with Gasteiger partial charge < -0.3 is 10.5 Å². The Hall–Kier alpha value is -1.43. The molecule has 0 aromatic carbocycles. The van der Waals surface area contributed by atoms with Gasteiger partial charge in [0.15, 0.2) is 5.69 Å². The average molecular weight is 237 g/mol. The monoisotopic (exact) mass is 236 g/mol. The number of carbonyl (C=O) groups excluding carboxylic acids is 1. The van der Waals surface area contributed by atoms with Gasteiger partial charge in [0.05, 0.1) is 12.7 Å². The fraction of sp³-hybridized carbons (Fsp3) is 0.250. The SMILES string of the molecule is COc1cc(C(=O)Cl)c(N)nc1C(F)F. The summed E-state index contributed by atoms with van der Waals surface area (Å²) in [5.74, 6) is -0.561. The summed E-state index contributed by atoms with van der Waals surface area (Å²) in [7, 11) is 1.18. The van der Waals surface area contributed by atoms with Crippen molar-refractivity contribution in [1.82, 2.24) is 4.98 Å². The summed E-state index contributed by atoms with van der Waals surface area (Å²) in [4.78, 5) is 14.2. The van der Waals surface area contributed by atoms with E-state index in [4.69, 9.17) is 17.3 Å². The fourth-order valence-corrected chi connectivity index (χ4v) is 1.15. The zero-order valence-corrected chi connectivity index (χ0v) is 8.39. The van der Waals surface area contributed by atoms with Crippen LogP contribution in [-0.2, 0) is 0 Å². The van der Waals surface area contributed by atoms with E-state index in [-0.39, 0.29) is 17.1 Å². The lowest BCUT2D eigenvalue weighted by Crippen LogP contribution is -2.06. The largest absolute Gasteiger partial charge is 0.495 e. The van der Waals surface area contributed by atoms with Crippen LogP contribution in [0.15, 0.2) is 6.07 Å². The van der Waals surface area contributed by atoms with E-state index in [2.05, 4.69) is 9.72 Å². The van der Waals surface area contributed by atoms with Crippen LogP contribution in [-0.4, -0.2) is 17.3 Å². The van der Waals surface area contributed by atoms with Crippen LogP contribution < -0.4 is 10.5 Å². The van der Waals surface area contributed by atoms with Gasteiger partial charge in [-0.15, -0.1) is 0 Å². The van der Waals surface area contributed by atoms with Gasteiger partial charge in [-0.2, -0.15) is 0 Å². The number of methoxy groups -OCH3 is 1. The van der Waals surface area contributed by atoms with Gasteiger partial charge in [-0.1, -0.05) is 0 Å². The minimum atomic E-state index is -2.83.